The first-order valence-corrected chi connectivity index (χ1v) is 8.69. The van der Waals surface area contributed by atoms with Gasteiger partial charge < -0.3 is 24.6 Å². The van der Waals surface area contributed by atoms with Crippen LogP contribution in [0.2, 0.25) is 0 Å². The van der Waals surface area contributed by atoms with E-state index in [4.69, 9.17) is 14.2 Å². The van der Waals surface area contributed by atoms with Crippen LogP contribution in [0, 0.1) is 11.7 Å². The van der Waals surface area contributed by atoms with E-state index < -0.39 is 5.60 Å². The number of halogens is 1. The molecule has 2 atom stereocenters. The van der Waals surface area contributed by atoms with Crippen LogP contribution in [-0.2, 0) is 15.9 Å². The fourth-order valence-corrected chi connectivity index (χ4v) is 3.89. The van der Waals surface area contributed by atoms with Gasteiger partial charge in [0, 0.05) is 19.6 Å². The molecule has 2 saturated heterocycles. The first-order valence-electron chi connectivity index (χ1n) is 8.69. The van der Waals surface area contributed by atoms with Gasteiger partial charge in [0.2, 0.25) is 0 Å². The number of rotatable bonds is 5. The molecule has 0 radical (unpaired) electrons. The Hall–Kier alpha value is -1.21. The van der Waals surface area contributed by atoms with Crippen molar-refractivity contribution < 1.29 is 29.0 Å². The second kappa shape index (κ2) is 7.78. The summed E-state index contributed by atoms with van der Waals surface area (Å²) >= 11 is 0. The number of aliphatic hydroxyl groups is 1. The summed E-state index contributed by atoms with van der Waals surface area (Å²) in [5.74, 6) is 0.341. The van der Waals surface area contributed by atoms with Gasteiger partial charge in [-0.3, -0.25) is 0 Å². The molecule has 3 rings (SSSR count). The van der Waals surface area contributed by atoms with Crippen LogP contribution in [0.5, 0.6) is 5.75 Å². The maximum Gasteiger partial charge on any atom is 0.136 e. The largest absolute Gasteiger partial charge is 0.496 e. The lowest BCUT2D eigenvalue weighted by Gasteiger charge is -2.44. The Morgan fingerprint density at radius 1 is 1.33 bits per heavy atom. The first kappa shape index (κ1) is 17.6. The minimum atomic E-state index is -1.05. The zero-order valence-electron chi connectivity index (χ0n) is 14.2. The number of benzene rings is 1. The van der Waals surface area contributed by atoms with Crippen molar-refractivity contribution in [2.75, 3.05) is 40.0 Å². The van der Waals surface area contributed by atoms with Crippen molar-refractivity contribution in [1.82, 2.24) is 0 Å². The van der Waals surface area contributed by atoms with E-state index in [1.165, 1.54) is 12.1 Å². The van der Waals surface area contributed by atoms with Gasteiger partial charge in [0.1, 0.15) is 29.8 Å². The van der Waals surface area contributed by atoms with E-state index in [1.54, 1.807) is 13.2 Å². The molecular formula is C18H27FNO4+. The van der Waals surface area contributed by atoms with Crippen LogP contribution >= 0.6 is 0 Å². The van der Waals surface area contributed by atoms with E-state index in [9.17, 15) is 9.50 Å². The van der Waals surface area contributed by atoms with Crippen LogP contribution in [-0.4, -0.2) is 56.8 Å². The van der Waals surface area contributed by atoms with Gasteiger partial charge in [-0.15, -0.1) is 0 Å². The number of nitrogens with two attached hydrogens (primary N) is 1. The molecule has 2 aliphatic heterocycles. The predicted molar refractivity (Wildman–Crippen MR) is 86.5 cm³/mol. The average Bonchev–Trinajstić information content (AvgIpc) is 2.63. The molecule has 134 valence electrons. The second-order valence-electron chi connectivity index (χ2n) is 6.68. The van der Waals surface area contributed by atoms with Crippen LogP contribution in [0.25, 0.3) is 0 Å². The molecule has 1 aromatic rings. The molecule has 24 heavy (non-hydrogen) atoms. The maximum atomic E-state index is 13.7. The van der Waals surface area contributed by atoms with Crippen molar-refractivity contribution in [2.45, 2.75) is 31.0 Å². The number of quaternary nitrogens is 1. The van der Waals surface area contributed by atoms with E-state index in [-0.39, 0.29) is 17.8 Å². The van der Waals surface area contributed by atoms with Gasteiger partial charge in [-0.1, -0.05) is 0 Å². The number of hydrogen-bond donors (Lipinski definition) is 2. The van der Waals surface area contributed by atoms with Crippen molar-refractivity contribution in [3.63, 3.8) is 0 Å². The van der Waals surface area contributed by atoms with Gasteiger partial charge >= 0.3 is 0 Å². The summed E-state index contributed by atoms with van der Waals surface area (Å²) in [7, 11) is 1.56. The molecule has 1 aromatic carbocycles. The molecule has 0 spiro atoms. The lowest BCUT2D eigenvalue weighted by atomic mass is 9.74. The summed E-state index contributed by atoms with van der Waals surface area (Å²) in [5.41, 5.74) is -0.373. The number of morpholine rings is 1. The molecule has 0 saturated carbocycles. The van der Waals surface area contributed by atoms with E-state index in [2.05, 4.69) is 5.32 Å². The third kappa shape index (κ3) is 3.72. The molecule has 6 heteroatoms. The van der Waals surface area contributed by atoms with E-state index >= 15 is 0 Å². The van der Waals surface area contributed by atoms with Crippen LogP contribution in [0.3, 0.4) is 0 Å². The Kier molecular flexibility index (Phi) is 5.71. The van der Waals surface area contributed by atoms with Crippen LogP contribution in [0.4, 0.5) is 4.39 Å². The van der Waals surface area contributed by atoms with Gasteiger partial charge in [0.05, 0.1) is 20.3 Å². The number of ether oxygens (including phenoxy) is 3. The highest BCUT2D eigenvalue weighted by molar-refractivity contribution is 5.35. The fraction of sp³-hybridized carbons (Fsp3) is 0.667. The van der Waals surface area contributed by atoms with Crippen LogP contribution in [0.1, 0.15) is 18.4 Å². The minimum absolute atomic E-state index is 0.0655. The quantitative estimate of drug-likeness (QED) is 0.819. The van der Waals surface area contributed by atoms with Crippen molar-refractivity contribution in [1.29, 1.82) is 0 Å². The predicted octanol–water partition coefficient (Wildman–Crippen LogP) is 0.497. The molecule has 0 aliphatic carbocycles. The molecule has 3 N–H and O–H groups in total. The van der Waals surface area contributed by atoms with Crippen molar-refractivity contribution in [3.05, 3.63) is 29.6 Å². The normalized spacial score (nSPS) is 25.2. The summed E-state index contributed by atoms with van der Waals surface area (Å²) in [6.45, 7) is 3.53. The van der Waals surface area contributed by atoms with Crippen molar-refractivity contribution in [2.24, 2.45) is 5.92 Å². The summed E-state index contributed by atoms with van der Waals surface area (Å²) in [5, 5.41) is 13.8. The lowest BCUT2D eigenvalue weighted by Crippen LogP contribution is -2.91. The molecule has 2 aliphatic rings. The highest BCUT2D eigenvalue weighted by Gasteiger charge is 2.47. The summed E-state index contributed by atoms with van der Waals surface area (Å²) in [4.78, 5) is 0. The first-order chi connectivity index (χ1) is 11.6. The van der Waals surface area contributed by atoms with Gasteiger partial charge in [-0.2, -0.15) is 0 Å². The van der Waals surface area contributed by atoms with Gasteiger partial charge in [-0.05, 0) is 42.5 Å². The minimum Gasteiger partial charge on any atom is -0.496 e. The SMILES string of the molecule is COc1ccc(F)cc1C[C@@](O)(C1CCOCC1)[C@@H]1C[NH2+]CCO1. The lowest BCUT2D eigenvalue weighted by molar-refractivity contribution is -0.680. The highest BCUT2D eigenvalue weighted by atomic mass is 19.1. The fourth-order valence-electron chi connectivity index (χ4n) is 3.89. The van der Waals surface area contributed by atoms with E-state index in [0.29, 0.717) is 44.1 Å². The topological polar surface area (TPSA) is 64.5 Å². The Morgan fingerprint density at radius 2 is 2.12 bits per heavy atom. The molecule has 0 unspecified atom stereocenters. The molecule has 2 heterocycles. The smallest absolute Gasteiger partial charge is 0.136 e. The number of hydrogen-bond acceptors (Lipinski definition) is 4. The highest BCUT2D eigenvalue weighted by Crippen LogP contribution is 2.37. The molecular weight excluding hydrogens is 313 g/mol. The summed E-state index contributed by atoms with van der Waals surface area (Å²) in [6, 6.07) is 4.44. The van der Waals surface area contributed by atoms with Gasteiger partial charge in [-0.25, -0.2) is 4.39 Å². The third-order valence-electron chi connectivity index (χ3n) is 5.22. The van der Waals surface area contributed by atoms with Crippen molar-refractivity contribution in [3.8, 4) is 5.75 Å². The maximum absolute atomic E-state index is 13.7. The Labute approximate surface area is 142 Å². The molecule has 2 fully saturated rings. The van der Waals surface area contributed by atoms with Gasteiger partial charge in [0.15, 0.2) is 0 Å². The standard InChI is InChI=1S/C18H26FNO4/c1-22-16-3-2-15(19)10-13(16)11-18(21,14-4-7-23-8-5-14)17-12-20-6-9-24-17/h2-3,10,14,17,20-21H,4-9,11-12H2,1H3/p+1/t17-,18+/m0/s1. The number of methoxy groups -OCH3 is 1. The van der Waals surface area contributed by atoms with Gasteiger partial charge in [0.25, 0.3) is 0 Å². The third-order valence-corrected chi connectivity index (χ3v) is 5.22. The zero-order chi connectivity index (χ0) is 17.0. The Balaban J connectivity index is 1.90. The molecule has 0 amide bonds. The Morgan fingerprint density at radius 3 is 2.79 bits per heavy atom. The summed E-state index contributed by atoms with van der Waals surface area (Å²) < 4.78 is 30.5. The van der Waals surface area contributed by atoms with Crippen molar-refractivity contribution >= 4 is 0 Å². The zero-order valence-corrected chi connectivity index (χ0v) is 14.2. The summed E-state index contributed by atoms with van der Waals surface area (Å²) in [6.07, 6.45) is 1.61. The van der Waals surface area contributed by atoms with E-state index in [1.807, 2.05) is 0 Å². The molecule has 0 aromatic heterocycles. The second-order valence-corrected chi connectivity index (χ2v) is 6.68. The van der Waals surface area contributed by atoms with Crippen LogP contribution < -0.4 is 10.1 Å². The molecule has 0 bridgehead atoms. The average molecular weight is 340 g/mol. The molecule has 5 nitrogen and oxygen atoms in total. The Bertz CT molecular complexity index is 524. The van der Waals surface area contributed by atoms with E-state index in [0.717, 1.165) is 19.4 Å². The van der Waals surface area contributed by atoms with Crippen LogP contribution in [0.15, 0.2) is 18.2 Å². The monoisotopic (exact) mass is 340 g/mol.